The maximum absolute atomic E-state index is 13.0. The number of rotatable bonds is 10. The molecule has 0 fully saturated rings. The fourth-order valence-corrected chi connectivity index (χ4v) is 4.27. The topological polar surface area (TPSA) is 49.4 Å². The Hall–Kier alpha value is -1.69. The van der Waals surface area contributed by atoms with Crippen LogP contribution < -0.4 is 5.32 Å². The van der Waals surface area contributed by atoms with Crippen molar-refractivity contribution in [3.8, 4) is 0 Å². The van der Waals surface area contributed by atoms with Crippen LogP contribution in [0.1, 0.15) is 38.3 Å². The van der Waals surface area contributed by atoms with Crippen molar-refractivity contribution < 1.29 is 9.59 Å². The predicted octanol–water partition coefficient (Wildman–Crippen LogP) is 5.56. The average molecular weight is 467 g/mol. The van der Waals surface area contributed by atoms with Gasteiger partial charge in [0.15, 0.2) is 0 Å². The Labute approximate surface area is 193 Å². The molecule has 0 aliphatic heterocycles. The molecule has 2 aromatic carbocycles. The lowest BCUT2D eigenvalue weighted by Gasteiger charge is -2.29. The molecule has 0 saturated carbocycles. The standard InChI is InChI=1S/C23H28Cl2N2O2S/c1-4-16(2)26-23(29)17(3)27(13-18-8-6-5-7-9-18)22(28)15-30-14-19-10-11-20(24)12-21(19)25/h5-12,16-17H,4,13-15H2,1-3H3,(H,26,29)/t16-,17+/m0/s1. The summed E-state index contributed by atoms with van der Waals surface area (Å²) in [5, 5.41) is 4.15. The van der Waals surface area contributed by atoms with E-state index in [-0.39, 0.29) is 23.6 Å². The van der Waals surface area contributed by atoms with Gasteiger partial charge >= 0.3 is 0 Å². The van der Waals surface area contributed by atoms with Crippen molar-refractivity contribution in [3.05, 3.63) is 69.7 Å². The van der Waals surface area contributed by atoms with Crippen LogP contribution in [0.4, 0.5) is 0 Å². The highest BCUT2D eigenvalue weighted by Gasteiger charge is 2.26. The summed E-state index contributed by atoms with van der Waals surface area (Å²) in [6, 6.07) is 14.6. The molecule has 0 spiro atoms. The van der Waals surface area contributed by atoms with Gasteiger partial charge in [-0.05, 0) is 43.5 Å². The minimum atomic E-state index is -0.563. The Morgan fingerprint density at radius 3 is 2.43 bits per heavy atom. The first-order valence-electron chi connectivity index (χ1n) is 9.97. The molecule has 2 rings (SSSR count). The van der Waals surface area contributed by atoms with Gasteiger partial charge in [0, 0.05) is 28.4 Å². The maximum Gasteiger partial charge on any atom is 0.242 e. The number of amides is 2. The van der Waals surface area contributed by atoms with E-state index in [1.807, 2.05) is 50.2 Å². The highest BCUT2D eigenvalue weighted by molar-refractivity contribution is 7.99. The van der Waals surface area contributed by atoms with Crippen LogP contribution in [0.2, 0.25) is 10.0 Å². The van der Waals surface area contributed by atoms with Crippen molar-refractivity contribution in [3.63, 3.8) is 0 Å². The van der Waals surface area contributed by atoms with Gasteiger partial charge < -0.3 is 10.2 Å². The fraction of sp³-hybridized carbons (Fsp3) is 0.391. The van der Waals surface area contributed by atoms with E-state index < -0.39 is 6.04 Å². The van der Waals surface area contributed by atoms with E-state index in [1.54, 1.807) is 24.0 Å². The minimum absolute atomic E-state index is 0.0649. The molecule has 0 bridgehead atoms. The molecule has 0 aliphatic rings. The molecule has 30 heavy (non-hydrogen) atoms. The van der Waals surface area contributed by atoms with Crippen LogP contribution in [0.5, 0.6) is 0 Å². The molecular formula is C23H28Cl2N2O2S. The summed E-state index contributed by atoms with van der Waals surface area (Å²) in [5.74, 6) is 0.626. The quantitative estimate of drug-likeness (QED) is 0.498. The van der Waals surface area contributed by atoms with E-state index >= 15 is 0 Å². The third-order valence-electron chi connectivity index (χ3n) is 4.86. The van der Waals surface area contributed by atoms with E-state index in [2.05, 4.69) is 5.32 Å². The minimum Gasteiger partial charge on any atom is -0.352 e. The predicted molar refractivity (Wildman–Crippen MR) is 127 cm³/mol. The Balaban J connectivity index is 2.06. The smallest absolute Gasteiger partial charge is 0.242 e. The fourth-order valence-electron chi connectivity index (χ4n) is 2.80. The highest BCUT2D eigenvalue weighted by Crippen LogP contribution is 2.25. The van der Waals surface area contributed by atoms with Crippen molar-refractivity contribution in [1.82, 2.24) is 10.2 Å². The number of hydrogen-bond acceptors (Lipinski definition) is 3. The van der Waals surface area contributed by atoms with E-state index in [9.17, 15) is 9.59 Å². The third-order valence-corrected chi connectivity index (χ3v) is 6.42. The number of halogens is 2. The van der Waals surface area contributed by atoms with Crippen LogP contribution in [0, 0.1) is 0 Å². The summed E-state index contributed by atoms with van der Waals surface area (Å²) in [6.07, 6.45) is 0.836. The Morgan fingerprint density at radius 1 is 1.10 bits per heavy atom. The number of nitrogens with zero attached hydrogens (tertiary/aromatic N) is 1. The van der Waals surface area contributed by atoms with Gasteiger partial charge in [-0.15, -0.1) is 11.8 Å². The second-order valence-electron chi connectivity index (χ2n) is 7.23. The highest BCUT2D eigenvalue weighted by atomic mass is 35.5. The Bertz CT molecular complexity index is 848. The summed E-state index contributed by atoms with van der Waals surface area (Å²) in [6.45, 7) is 6.14. The molecular weight excluding hydrogens is 439 g/mol. The third kappa shape index (κ3) is 7.53. The lowest BCUT2D eigenvalue weighted by Crippen LogP contribution is -2.50. The van der Waals surface area contributed by atoms with Crippen molar-refractivity contribution in [2.45, 2.75) is 51.6 Å². The van der Waals surface area contributed by atoms with Crippen molar-refractivity contribution in [1.29, 1.82) is 0 Å². The van der Waals surface area contributed by atoms with Gasteiger partial charge in [-0.2, -0.15) is 0 Å². The zero-order chi connectivity index (χ0) is 22.1. The summed E-state index contributed by atoms with van der Waals surface area (Å²) < 4.78 is 0. The van der Waals surface area contributed by atoms with Crippen LogP contribution in [0.15, 0.2) is 48.5 Å². The summed E-state index contributed by atoms with van der Waals surface area (Å²) in [4.78, 5) is 27.4. The summed E-state index contributed by atoms with van der Waals surface area (Å²) >= 11 is 13.6. The SMILES string of the molecule is CC[C@H](C)NC(=O)[C@@H](C)N(Cc1ccccc1)C(=O)CSCc1ccc(Cl)cc1Cl. The number of nitrogens with one attached hydrogen (secondary N) is 1. The van der Waals surface area contributed by atoms with Gasteiger partial charge in [0.1, 0.15) is 6.04 Å². The number of carbonyl (C=O) groups is 2. The van der Waals surface area contributed by atoms with Crippen molar-refractivity contribution in [2.75, 3.05) is 5.75 Å². The molecule has 2 amide bonds. The van der Waals surface area contributed by atoms with Crippen molar-refractivity contribution in [2.24, 2.45) is 0 Å². The average Bonchev–Trinajstić information content (AvgIpc) is 2.73. The molecule has 0 heterocycles. The molecule has 0 unspecified atom stereocenters. The second kappa shape index (κ2) is 12.2. The van der Waals surface area contributed by atoms with Crippen LogP contribution in [0.3, 0.4) is 0 Å². The Morgan fingerprint density at radius 2 is 1.80 bits per heavy atom. The molecule has 7 heteroatoms. The van der Waals surface area contributed by atoms with Crippen LogP contribution in [-0.2, 0) is 21.9 Å². The first-order valence-corrected chi connectivity index (χ1v) is 11.9. The first-order chi connectivity index (χ1) is 14.3. The number of hydrogen-bond donors (Lipinski definition) is 1. The molecule has 0 aliphatic carbocycles. The largest absolute Gasteiger partial charge is 0.352 e. The van der Waals surface area contributed by atoms with Crippen molar-refractivity contribution >= 4 is 46.8 Å². The van der Waals surface area contributed by atoms with E-state index in [4.69, 9.17) is 23.2 Å². The van der Waals surface area contributed by atoms with E-state index in [0.717, 1.165) is 17.5 Å². The molecule has 0 saturated heterocycles. The lowest BCUT2D eigenvalue weighted by atomic mass is 10.1. The monoisotopic (exact) mass is 466 g/mol. The number of benzene rings is 2. The second-order valence-corrected chi connectivity index (χ2v) is 9.06. The molecule has 4 nitrogen and oxygen atoms in total. The van der Waals surface area contributed by atoms with Crippen LogP contribution in [-0.4, -0.2) is 34.6 Å². The number of carbonyl (C=O) groups excluding carboxylic acids is 2. The zero-order valence-electron chi connectivity index (χ0n) is 17.5. The summed E-state index contributed by atoms with van der Waals surface area (Å²) in [5.41, 5.74) is 1.91. The molecule has 1 N–H and O–H groups in total. The van der Waals surface area contributed by atoms with E-state index in [0.29, 0.717) is 22.3 Å². The van der Waals surface area contributed by atoms with Gasteiger partial charge in [0.25, 0.3) is 0 Å². The van der Waals surface area contributed by atoms with E-state index in [1.165, 1.54) is 11.8 Å². The van der Waals surface area contributed by atoms with Gasteiger partial charge in [-0.25, -0.2) is 0 Å². The van der Waals surface area contributed by atoms with Crippen LogP contribution in [0.25, 0.3) is 0 Å². The summed E-state index contributed by atoms with van der Waals surface area (Å²) in [7, 11) is 0. The number of thioether (sulfide) groups is 1. The molecule has 2 aromatic rings. The Kier molecular flexibility index (Phi) is 10.0. The molecule has 0 aromatic heterocycles. The first kappa shape index (κ1) is 24.6. The van der Waals surface area contributed by atoms with Gasteiger partial charge in [0.2, 0.25) is 11.8 Å². The normalized spacial score (nSPS) is 12.8. The lowest BCUT2D eigenvalue weighted by molar-refractivity contribution is -0.138. The maximum atomic E-state index is 13.0. The zero-order valence-corrected chi connectivity index (χ0v) is 19.9. The van der Waals surface area contributed by atoms with Gasteiger partial charge in [-0.1, -0.05) is 66.5 Å². The van der Waals surface area contributed by atoms with Gasteiger partial charge in [0.05, 0.1) is 5.75 Å². The molecule has 162 valence electrons. The van der Waals surface area contributed by atoms with Gasteiger partial charge in [-0.3, -0.25) is 9.59 Å². The van der Waals surface area contributed by atoms with Crippen LogP contribution >= 0.6 is 35.0 Å². The molecule has 2 atom stereocenters. The molecule has 0 radical (unpaired) electrons.